The third-order valence-electron chi connectivity index (χ3n) is 5.68. The SMILES string of the molecule is O=C1CNc2ncc(-c3ccc(-c4nc[nH]n4)nc3)nc2N1C[C@H]1CC[C@@H](O)CC1. The molecule has 0 unspecified atom stereocenters. The zero-order valence-electron chi connectivity index (χ0n) is 16.3. The molecule has 1 saturated carbocycles. The molecule has 4 heterocycles. The van der Waals surface area contributed by atoms with E-state index in [0.29, 0.717) is 41.3 Å². The Kier molecular flexibility index (Phi) is 4.83. The summed E-state index contributed by atoms with van der Waals surface area (Å²) in [4.78, 5) is 32.1. The number of aliphatic hydroxyl groups excluding tert-OH is 1. The van der Waals surface area contributed by atoms with Crippen molar-refractivity contribution in [2.75, 3.05) is 23.3 Å². The summed E-state index contributed by atoms with van der Waals surface area (Å²) in [5.74, 6) is 2.03. The Bertz CT molecular complexity index is 1030. The van der Waals surface area contributed by atoms with Gasteiger partial charge >= 0.3 is 0 Å². The first-order chi connectivity index (χ1) is 14.7. The molecule has 3 N–H and O–H groups in total. The molecule has 1 aliphatic heterocycles. The van der Waals surface area contributed by atoms with E-state index in [1.54, 1.807) is 17.3 Å². The number of hydrogen-bond acceptors (Lipinski definition) is 8. The highest BCUT2D eigenvalue weighted by Crippen LogP contribution is 2.32. The number of pyridine rings is 1. The van der Waals surface area contributed by atoms with E-state index in [1.807, 2.05) is 12.1 Å². The maximum Gasteiger partial charge on any atom is 0.247 e. The van der Waals surface area contributed by atoms with E-state index in [4.69, 9.17) is 4.98 Å². The van der Waals surface area contributed by atoms with Gasteiger partial charge in [0, 0.05) is 18.3 Å². The third kappa shape index (κ3) is 3.61. The molecule has 0 saturated heterocycles. The van der Waals surface area contributed by atoms with E-state index < -0.39 is 0 Å². The molecule has 3 aromatic rings. The van der Waals surface area contributed by atoms with Gasteiger partial charge in [-0.15, -0.1) is 0 Å². The maximum atomic E-state index is 12.6. The molecular weight excluding hydrogens is 384 g/mol. The first-order valence-corrected chi connectivity index (χ1v) is 10.1. The Morgan fingerprint density at radius 1 is 1.07 bits per heavy atom. The van der Waals surface area contributed by atoms with Crippen LogP contribution < -0.4 is 10.2 Å². The van der Waals surface area contributed by atoms with Crippen LogP contribution >= 0.6 is 0 Å². The van der Waals surface area contributed by atoms with Gasteiger partial charge in [-0.3, -0.25) is 19.8 Å². The van der Waals surface area contributed by atoms with Crippen molar-refractivity contribution >= 4 is 17.5 Å². The van der Waals surface area contributed by atoms with Crippen molar-refractivity contribution in [3.05, 3.63) is 30.9 Å². The predicted octanol–water partition coefficient (Wildman–Crippen LogP) is 1.63. The summed E-state index contributed by atoms with van der Waals surface area (Å²) in [6, 6.07) is 3.72. The molecule has 0 radical (unpaired) electrons. The fourth-order valence-corrected chi connectivity index (χ4v) is 3.99. The lowest BCUT2D eigenvalue weighted by molar-refractivity contribution is -0.117. The van der Waals surface area contributed by atoms with E-state index in [2.05, 4.69) is 30.5 Å². The number of carbonyl (C=O) groups is 1. The highest BCUT2D eigenvalue weighted by atomic mass is 16.3. The quantitative estimate of drug-likeness (QED) is 0.595. The average molecular weight is 406 g/mol. The van der Waals surface area contributed by atoms with Crippen molar-refractivity contribution in [2.24, 2.45) is 5.92 Å². The lowest BCUT2D eigenvalue weighted by Gasteiger charge is -2.33. The zero-order valence-corrected chi connectivity index (χ0v) is 16.3. The smallest absolute Gasteiger partial charge is 0.247 e. The van der Waals surface area contributed by atoms with Gasteiger partial charge in [0.25, 0.3) is 0 Å². The normalized spacial score (nSPS) is 21.2. The van der Waals surface area contributed by atoms with Crippen molar-refractivity contribution in [1.29, 1.82) is 0 Å². The number of amides is 1. The van der Waals surface area contributed by atoms with Gasteiger partial charge in [0.05, 0.1) is 24.5 Å². The van der Waals surface area contributed by atoms with Gasteiger partial charge < -0.3 is 10.4 Å². The maximum absolute atomic E-state index is 12.6. The largest absolute Gasteiger partial charge is 0.393 e. The van der Waals surface area contributed by atoms with Crippen molar-refractivity contribution in [2.45, 2.75) is 31.8 Å². The summed E-state index contributed by atoms with van der Waals surface area (Å²) in [6.45, 7) is 0.809. The second-order valence-electron chi connectivity index (χ2n) is 7.71. The van der Waals surface area contributed by atoms with Crippen LogP contribution in [0, 0.1) is 5.92 Å². The van der Waals surface area contributed by atoms with E-state index in [0.717, 1.165) is 31.2 Å². The number of nitrogens with one attached hydrogen (secondary N) is 2. The third-order valence-corrected chi connectivity index (χ3v) is 5.68. The van der Waals surface area contributed by atoms with Crippen LogP contribution in [0.5, 0.6) is 0 Å². The molecule has 10 heteroatoms. The van der Waals surface area contributed by atoms with Gasteiger partial charge in [-0.05, 0) is 43.7 Å². The molecular formula is C20H22N8O2. The zero-order chi connectivity index (χ0) is 20.5. The second kappa shape index (κ2) is 7.79. The van der Waals surface area contributed by atoms with Crippen LogP contribution in [0.2, 0.25) is 0 Å². The Morgan fingerprint density at radius 3 is 2.67 bits per heavy atom. The van der Waals surface area contributed by atoms with Crippen molar-refractivity contribution < 1.29 is 9.90 Å². The number of aromatic amines is 1. The van der Waals surface area contributed by atoms with Crippen LogP contribution in [0.4, 0.5) is 11.6 Å². The highest BCUT2D eigenvalue weighted by molar-refractivity contribution is 6.00. The molecule has 0 aromatic carbocycles. The van der Waals surface area contributed by atoms with Crippen molar-refractivity contribution in [1.82, 2.24) is 30.1 Å². The minimum absolute atomic E-state index is 0.0156. The summed E-state index contributed by atoms with van der Waals surface area (Å²) in [6.07, 6.45) is 8.06. The molecule has 10 nitrogen and oxygen atoms in total. The monoisotopic (exact) mass is 406 g/mol. The van der Waals surface area contributed by atoms with E-state index >= 15 is 0 Å². The second-order valence-corrected chi connectivity index (χ2v) is 7.71. The minimum atomic E-state index is -0.217. The van der Waals surface area contributed by atoms with E-state index in [9.17, 15) is 9.90 Å². The van der Waals surface area contributed by atoms with Crippen molar-refractivity contribution in [3.63, 3.8) is 0 Å². The lowest BCUT2D eigenvalue weighted by atomic mass is 9.87. The summed E-state index contributed by atoms with van der Waals surface area (Å²) in [7, 11) is 0. The number of anilines is 2. The number of H-pyrrole nitrogens is 1. The van der Waals surface area contributed by atoms with E-state index in [-0.39, 0.29) is 18.6 Å². The van der Waals surface area contributed by atoms with Gasteiger partial charge in [-0.1, -0.05) is 0 Å². The molecule has 1 aliphatic carbocycles. The molecule has 1 fully saturated rings. The molecule has 5 rings (SSSR count). The fourth-order valence-electron chi connectivity index (χ4n) is 3.99. The Hall–Kier alpha value is -3.40. The molecule has 2 aliphatic rings. The van der Waals surface area contributed by atoms with Crippen LogP contribution in [0.25, 0.3) is 22.8 Å². The first-order valence-electron chi connectivity index (χ1n) is 10.1. The van der Waals surface area contributed by atoms with Gasteiger partial charge in [0.15, 0.2) is 17.5 Å². The van der Waals surface area contributed by atoms with Crippen LogP contribution in [0.15, 0.2) is 30.9 Å². The van der Waals surface area contributed by atoms with Crippen LogP contribution in [0.1, 0.15) is 25.7 Å². The Morgan fingerprint density at radius 2 is 1.93 bits per heavy atom. The van der Waals surface area contributed by atoms with Crippen molar-refractivity contribution in [3.8, 4) is 22.8 Å². The highest BCUT2D eigenvalue weighted by Gasteiger charge is 2.30. The topological polar surface area (TPSA) is 133 Å². The Balaban J connectivity index is 1.41. The van der Waals surface area contributed by atoms with Gasteiger partial charge in [0.2, 0.25) is 5.91 Å². The molecule has 30 heavy (non-hydrogen) atoms. The van der Waals surface area contributed by atoms with Gasteiger partial charge in [-0.2, -0.15) is 5.10 Å². The summed E-state index contributed by atoms with van der Waals surface area (Å²) in [5.41, 5.74) is 2.09. The Labute approximate surface area is 172 Å². The molecule has 3 aromatic heterocycles. The van der Waals surface area contributed by atoms with E-state index in [1.165, 1.54) is 6.33 Å². The number of carbonyl (C=O) groups excluding carboxylic acids is 1. The molecule has 0 atom stereocenters. The van der Waals surface area contributed by atoms with Gasteiger partial charge in [-0.25, -0.2) is 15.0 Å². The number of fused-ring (bicyclic) bond motifs is 1. The van der Waals surface area contributed by atoms with Crippen LogP contribution in [-0.4, -0.2) is 60.3 Å². The number of aromatic nitrogens is 6. The molecule has 0 bridgehead atoms. The number of nitrogens with zero attached hydrogens (tertiary/aromatic N) is 6. The van der Waals surface area contributed by atoms with Gasteiger partial charge in [0.1, 0.15) is 12.0 Å². The molecule has 0 spiro atoms. The van der Waals surface area contributed by atoms with Crippen LogP contribution in [0.3, 0.4) is 0 Å². The summed E-state index contributed by atoms with van der Waals surface area (Å²) >= 11 is 0. The summed E-state index contributed by atoms with van der Waals surface area (Å²) in [5, 5.41) is 19.5. The number of rotatable bonds is 4. The standard InChI is InChI=1S/C20H22N8O2/c29-14-4-1-12(2-5-14)10-28-17(30)9-23-19-20(28)26-16(8-22-19)13-3-6-15(21-7-13)18-24-11-25-27-18/h3,6-8,11-12,14,29H,1-2,4-5,9-10H2,(H,22,23)(H,24,25,27)/t12-,14+. The van der Waals surface area contributed by atoms with Crippen LogP contribution in [-0.2, 0) is 4.79 Å². The number of aliphatic hydroxyl groups is 1. The lowest BCUT2D eigenvalue weighted by Crippen LogP contribution is -2.44. The molecule has 154 valence electrons. The summed E-state index contributed by atoms with van der Waals surface area (Å²) < 4.78 is 0. The minimum Gasteiger partial charge on any atom is -0.393 e. The first kappa shape index (κ1) is 18.6. The molecule has 1 amide bonds. The number of hydrogen-bond donors (Lipinski definition) is 3. The predicted molar refractivity (Wildman–Crippen MR) is 109 cm³/mol. The average Bonchev–Trinajstić information content (AvgIpc) is 3.32. The fraction of sp³-hybridized carbons (Fsp3) is 0.400.